The van der Waals surface area contributed by atoms with Crippen molar-refractivity contribution in [3.05, 3.63) is 41.0 Å². The van der Waals surface area contributed by atoms with E-state index in [2.05, 4.69) is 6.58 Å². The Labute approximate surface area is 88.6 Å². The van der Waals surface area contributed by atoms with Gasteiger partial charge >= 0.3 is 0 Å². The predicted octanol–water partition coefficient (Wildman–Crippen LogP) is 4.18. The zero-order chi connectivity index (χ0) is 11.2. The monoisotopic (exact) mass is 208 g/mol. The van der Waals surface area contributed by atoms with Crippen molar-refractivity contribution in [2.75, 3.05) is 0 Å². The Balaban J connectivity index is 2.65. The molecule has 0 unspecified atom stereocenters. The van der Waals surface area contributed by atoms with Crippen LogP contribution in [0.4, 0.5) is 8.78 Å². The van der Waals surface area contributed by atoms with E-state index < -0.39 is 11.6 Å². The number of aryl methyl sites for hydroxylation is 1. The largest absolute Gasteiger partial charge is 0.206 e. The first-order chi connectivity index (χ1) is 7.02. The summed E-state index contributed by atoms with van der Waals surface area (Å²) in [7, 11) is 0. The van der Waals surface area contributed by atoms with Crippen molar-refractivity contribution >= 4 is 5.57 Å². The lowest BCUT2D eigenvalue weighted by Gasteiger charge is -2.12. The maximum Gasteiger partial charge on any atom is 0.137 e. The molecule has 1 saturated carbocycles. The van der Waals surface area contributed by atoms with Crippen molar-refractivity contribution in [2.45, 2.75) is 32.6 Å². The van der Waals surface area contributed by atoms with Gasteiger partial charge in [-0.05, 0) is 55.4 Å². The normalized spacial score (nSPS) is 15.5. The van der Waals surface area contributed by atoms with Gasteiger partial charge in [-0.1, -0.05) is 6.58 Å². The predicted molar refractivity (Wildman–Crippen MR) is 57.8 cm³/mol. The molecule has 1 aromatic carbocycles. The number of rotatable bonds is 2. The highest BCUT2D eigenvalue weighted by atomic mass is 19.1. The Morgan fingerprint density at radius 3 is 2.47 bits per heavy atom. The summed E-state index contributed by atoms with van der Waals surface area (Å²) in [4.78, 5) is 0. The van der Waals surface area contributed by atoms with Crippen LogP contribution in [-0.4, -0.2) is 0 Å². The lowest BCUT2D eigenvalue weighted by molar-refractivity contribution is 0.564. The quantitative estimate of drug-likeness (QED) is 0.683. The van der Waals surface area contributed by atoms with Crippen LogP contribution in [0.25, 0.3) is 5.57 Å². The molecular weight excluding hydrogens is 194 g/mol. The van der Waals surface area contributed by atoms with Gasteiger partial charge in [0.05, 0.1) is 0 Å². The molecule has 0 heterocycles. The summed E-state index contributed by atoms with van der Waals surface area (Å²) in [6, 6.07) is 1.42. The zero-order valence-electron chi connectivity index (χ0n) is 9.03. The Morgan fingerprint density at radius 2 is 2.00 bits per heavy atom. The van der Waals surface area contributed by atoms with E-state index in [-0.39, 0.29) is 5.56 Å². The van der Waals surface area contributed by atoms with Crippen LogP contribution < -0.4 is 0 Å². The molecular formula is C13H14F2. The van der Waals surface area contributed by atoms with Crippen molar-refractivity contribution in [1.82, 2.24) is 0 Å². The van der Waals surface area contributed by atoms with Gasteiger partial charge in [0.1, 0.15) is 11.6 Å². The Kier molecular flexibility index (Phi) is 2.37. The zero-order valence-corrected chi connectivity index (χ0v) is 9.03. The van der Waals surface area contributed by atoms with E-state index in [4.69, 9.17) is 0 Å². The van der Waals surface area contributed by atoms with Crippen LogP contribution in [0.15, 0.2) is 12.6 Å². The minimum atomic E-state index is -0.498. The number of halogens is 2. The topological polar surface area (TPSA) is 0 Å². The van der Waals surface area contributed by atoms with Crippen LogP contribution in [0.1, 0.15) is 42.4 Å². The molecule has 0 aromatic heterocycles. The molecule has 0 radical (unpaired) electrons. The molecule has 0 saturated heterocycles. The third-order valence-electron chi connectivity index (χ3n) is 2.88. The molecule has 0 aliphatic heterocycles. The third-order valence-corrected chi connectivity index (χ3v) is 2.88. The molecule has 0 nitrogen and oxygen atoms in total. The summed E-state index contributed by atoms with van der Waals surface area (Å²) in [6.45, 7) is 7.02. The van der Waals surface area contributed by atoms with Gasteiger partial charge < -0.3 is 0 Å². The van der Waals surface area contributed by atoms with Gasteiger partial charge in [0.2, 0.25) is 0 Å². The molecule has 0 amide bonds. The SMILES string of the molecule is C=C(C)c1c(F)cc(C)c(C2CC2)c1F. The fraction of sp³-hybridized carbons (Fsp3) is 0.385. The second-order valence-corrected chi connectivity index (χ2v) is 4.33. The van der Waals surface area contributed by atoms with E-state index >= 15 is 0 Å². The molecule has 80 valence electrons. The van der Waals surface area contributed by atoms with Gasteiger partial charge in [0, 0.05) is 5.56 Å². The molecule has 1 fully saturated rings. The smallest absolute Gasteiger partial charge is 0.137 e. The molecule has 0 N–H and O–H groups in total. The Bertz CT molecular complexity index is 429. The van der Waals surface area contributed by atoms with Crippen LogP contribution >= 0.6 is 0 Å². The van der Waals surface area contributed by atoms with E-state index in [0.29, 0.717) is 17.1 Å². The highest BCUT2D eigenvalue weighted by Crippen LogP contribution is 2.44. The summed E-state index contributed by atoms with van der Waals surface area (Å²) >= 11 is 0. The average molecular weight is 208 g/mol. The van der Waals surface area contributed by atoms with Crippen LogP contribution in [0.2, 0.25) is 0 Å². The van der Waals surface area contributed by atoms with E-state index in [1.165, 1.54) is 6.07 Å². The molecule has 2 heteroatoms. The standard InChI is InChI=1S/C13H14F2/c1-7(2)11-10(14)6-8(3)12(13(11)15)9-4-5-9/h6,9H,1,4-5H2,2-3H3. The molecule has 0 atom stereocenters. The number of allylic oxidation sites excluding steroid dienone is 1. The molecule has 1 aliphatic rings. The maximum absolute atomic E-state index is 14.0. The number of hydrogen-bond donors (Lipinski definition) is 0. The summed E-state index contributed by atoms with van der Waals surface area (Å²) < 4.78 is 27.6. The van der Waals surface area contributed by atoms with Gasteiger partial charge in [-0.15, -0.1) is 0 Å². The van der Waals surface area contributed by atoms with E-state index in [0.717, 1.165) is 18.4 Å². The van der Waals surface area contributed by atoms with Gasteiger partial charge in [-0.2, -0.15) is 0 Å². The lowest BCUT2D eigenvalue weighted by Crippen LogP contribution is -2.01. The van der Waals surface area contributed by atoms with Crippen molar-refractivity contribution in [1.29, 1.82) is 0 Å². The van der Waals surface area contributed by atoms with Crippen LogP contribution in [0.5, 0.6) is 0 Å². The molecule has 15 heavy (non-hydrogen) atoms. The highest BCUT2D eigenvalue weighted by Gasteiger charge is 2.30. The second-order valence-electron chi connectivity index (χ2n) is 4.33. The Morgan fingerprint density at radius 1 is 1.40 bits per heavy atom. The van der Waals surface area contributed by atoms with Crippen LogP contribution in [0.3, 0.4) is 0 Å². The van der Waals surface area contributed by atoms with E-state index in [1.54, 1.807) is 13.8 Å². The first kappa shape index (κ1) is 10.3. The van der Waals surface area contributed by atoms with Crippen molar-refractivity contribution < 1.29 is 8.78 Å². The molecule has 0 spiro atoms. The number of hydrogen-bond acceptors (Lipinski definition) is 0. The van der Waals surface area contributed by atoms with Crippen molar-refractivity contribution in [3.8, 4) is 0 Å². The molecule has 2 rings (SSSR count). The minimum absolute atomic E-state index is 0.0579. The van der Waals surface area contributed by atoms with Crippen molar-refractivity contribution in [2.24, 2.45) is 0 Å². The summed E-state index contributed by atoms with van der Waals surface area (Å²) in [5.74, 6) is -0.604. The second kappa shape index (κ2) is 3.44. The van der Waals surface area contributed by atoms with Gasteiger partial charge in [-0.25, -0.2) is 8.78 Å². The summed E-state index contributed by atoms with van der Waals surface area (Å²) in [5, 5.41) is 0. The van der Waals surface area contributed by atoms with Gasteiger partial charge in [-0.3, -0.25) is 0 Å². The Hall–Kier alpha value is -1.18. The summed E-state index contributed by atoms with van der Waals surface area (Å²) in [5.41, 5.74) is 1.92. The fourth-order valence-electron chi connectivity index (χ4n) is 2.02. The minimum Gasteiger partial charge on any atom is -0.206 e. The van der Waals surface area contributed by atoms with Crippen LogP contribution in [-0.2, 0) is 0 Å². The highest BCUT2D eigenvalue weighted by molar-refractivity contribution is 5.64. The van der Waals surface area contributed by atoms with E-state index in [9.17, 15) is 8.78 Å². The first-order valence-electron chi connectivity index (χ1n) is 5.16. The maximum atomic E-state index is 14.0. The van der Waals surface area contributed by atoms with E-state index in [1.807, 2.05) is 0 Å². The van der Waals surface area contributed by atoms with Crippen LogP contribution in [0, 0.1) is 18.6 Å². The lowest BCUT2D eigenvalue weighted by atomic mass is 9.96. The average Bonchev–Trinajstić information content (AvgIpc) is 2.85. The molecule has 1 aliphatic carbocycles. The van der Waals surface area contributed by atoms with Gasteiger partial charge in [0.25, 0.3) is 0 Å². The number of benzene rings is 1. The summed E-state index contributed by atoms with van der Waals surface area (Å²) in [6.07, 6.45) is 2.03. The first-order valence-corrected chi connectivity index (χ1v) is 5.16. The molecule has 0 bridgehead atoms. The van der Waals surface area contributed by atoms with Gasteiger partial charge in [0.15, 0.2) is 0 Å². The fourth-order valence-corrected chi connectivity index (χ4v) is 2.02. The third kappa shape index (κ3) is 1.69. The molecule has 1 aromatic rings. The van der Waals surface area contributed by atoms with Crippen molar-refractivity contribution in [3.63, 3.8) is 0 Å².